The SMILES string of the molecule is Cc1ccc2nc(CN(C)C(=O)Cc3n[nH]c(=O)[nH]3)[nH]c2c1. The van der Waals surface area contributed by atoms with Crippen molar-refractivity contribution in [2.75, 3.05) is 7.05 Å². The molecule has 0 aliphatic heterocycles. The van der Waals surface area contributed by atoms with Gasteiger partial charge in [-0.05, 0) is 24.6 Å². The minimum Gasteiger partial charge on any atom is -0.340 e. The van der Waals surface area contributed by atoms with Gasteiger partial charge >= 0.3 is 5.69 Å². The van der Waals surface area contributed by atoms with Crippen molar-refractivity contribution in [3.8, 4) is 0 Å². The molecule has 22 heavy (non-hydrogen) atoms. The van der Waals surface area contributed by atoms with Gasteiger partial charge in [-0.15, -0.1) is 0 Å². The maximum Gasteiger partial charge on any atom is 0.340 e. The van der Waals surface area contributed by atoms with Gasteiger partial charge in [0, 0.05) is 7.05 Å². The number of fused-ring (bicyclic) bond motifs is 1. The molecule has 0 unspecified atom stereocenters. The van der Waals surface area contributed by atoms with Crippen LogP contribution in [0.3, 0.4) is 0 Å². The lowest BCUT2D eigenvalue weighted by Crippen LogP contribution is -2.28. The summed E-state index contributed by atoms with van der Waals surface area (Å²) in [4.78, 5) is 34.7. The Balaban J connectivity index is 1.70. The smallest absolute Gasteiger partial charge is 0.340 e. The van der Waals surface area contributed by atoms with Crippen LogP contribution < -0.4 is 5.69 Å². The van der Waals surface area contributed by atoms with Crippen LogP contribution in [0, 0.1) is 6.92 Å². The Bertz CT molecular complexity index is 875. The van der Waals surface area contributed by atoms with Crippen molar-refractivity contribution in [2.45, 2.75) is 19.9 Å². The molecule has 0 fully saturated rings. The van der Waals surface area contributed by atoms with Gasteiger partial charge in [0.2, 0.25) is 5.91 Å². The molecule has 3 aromatic rings. The van der Waals surface area contributed by atoms with Gasteiger partial charge < -0.3 is 9.88 Å². The quantitative estimate of drug-likeness (QED) is 0.651. The molecular formula is C14H16N6O2. The van der Waals surface area contributed by atoms with Crippen molar-refractivity contribution in [1.82, 2.24) is 30.0 Å². The monoisotopic (exact) mass is 300 g/mol. The van der Waals surface area contributed by atoms with Crippen LogP contribution in [0.1, 0.15) is 17.2 Å². The minimum atomic E-state index is -0.418. The molecule has 3 rings (SSSR count). The zero-order valence-corrected chi connectivity index (χ0v) is 12.3. The Morgan fingerprint density at radius 3 is 2.82 bits per heavy atom. The third kappa shape index (κ3) is 2.90. The summed E-state index contributed by atoms with van der Waals surface area (Å²) in [6.45, 7) is 2.38. The van der Waals surface area contributed by atoms with E-state index in [1.165, 1.54) is 4.90 Å². The first-order valence-electron chi connectivity index (χ1n) is 6.84. The average Bonchev–Trinajstić information content (AvgIpc) is 3.04. The molecule has 0 saturated carbocycles. The number of aryl methyl sites for hydroxylation is 1. The van der Waals surface area contributed by atoms with E-state index in [0.717, 1.165) is 16.6 Å². The average molecular weight is 300 g/mol. The first-order chi connectivity index (χ1) is 10.5. The number of carbonyl (C=O) groups is 1. The van der Waals surface area contributed by atoms with Gasteiger partial charge in [-0.25, -0.2) is 14.9 Å². The molecule has 3 N–H and O–H groups in total. The molecule has 2 aromatic heterocycles. The van der Waals surface area contributed by atoms with E-state index in [9.17, 15) is 9.59 Å². The highest BCUT2D eigenvalue weighted by atomic mass is 16.2. The number of aromatic nitrogens is 5. The maximum absolute atomic E-state index is 12.1. The van der Waals surface area contributed by atoms with Gasteiger partial charge in [-0.1, -0.05) is 6.07 Å². The fourth-order valence-electron chi connectivity index (χ4n) is 2.23. The lowest BCUT2D eigenvalue weighted by atomic mass is 10.2. The second-order valence-electron chi connectivity index (χ2n) is 5.26. The number of hydrogen-bond donors (Lipinski definition) is 3. The van der Waals surface area contributed by atoms with Crippen LogP contribution in [-0.4, -0.2) is 43.0 Å². The van der Waals surface area contributed by atoms with Crippen molar-refractivity contribution >= 4 is 16.9 Å². The number of likely N-dealkylation sites (N-methyl/N-ethyl adjacent to an activating group) is 1. The molecule has 0 radical (unpaired) electrons. The largest absolute Gasteiger partial charge is 0.340 e. The first-order valence-corrected chi connectivity index (χ1v) is 6.84. The molecule has 0 aliphatic rings. The van der Waals surface area contributed by atoms with Gasteiger partial charge in [-0.3, -0.25) is 9.78 Å². The summed E-state index contributed by atoms with van der Waals surface area (Å²) in [7, 11) is 1.69. The number of benzene rings is 1. The maximum atomic E-state index is 12.1. The summed E-state index contributed by atoms with van der Waals surface area (Å²) in [6.07, 6.45) is 0.0363. The fraction of sp³-hybridized carbons (Fsp3) is 0.286. The molecule has 8 heteroatoms. The summed E-state index contributed by atoms with van der Waals surface area (Å²) in [5, 5.41) is 5.96. The van der Waals surface area contributed by atoms with Crippen LogP contribution in [0.5, 0.6) is 0 Å². The highest BCUT2D eigenvalue weighted by Crippen LogP contribution is 2.14. The Labute approximate surface area is 125 Å². The molecule has 1 aromatic carbocycles. The molecule has 0 spiro atoms. The number of imidazole rings is 1. The summed E-state index contributed by atoms with van der Waals surface area (Å²) < 4.78 is 0. The van der Waals surface area contributed by atoms with Gasteiger partial charge in [0.1, 0.15) is 11.6 Å². The Morgan fingerprint density at radius 1 is 1.27 bits per heavy atom. The molecule has 2 heterocycles. The van der Waals surface area contributed by atoms with Gasteiger partial charge in [-0.2, -0.15) is 5.10 Å². The highest BCUT2D eigenvalue weighted by molar-refractivity contribution is 5.78. The molecule has 0 saturated heterocycles. The molecule has 8 nitrogen and oxygen atoms in total. The number of rotatable bonds is 4. The summed E-state index contributed by atoms with van der Waals surface area (Å²) in [5.41, 5.74) is 2.55. The van der Waals surface area contributed by atoms with Crippen molar-refractivity contribution in [2.24, 2.45) is 0 Å². The number of nitrogens with zero attached hydrogens (tertiary/aromatic N) is 3. The molecule has 114 valence electrons. The normalized spacial score (nSPS) is 11.0. The summed E-state index contributed by atoms with van der Waals surface area (Å²) in [5.74, 6) is 0.883. The predicted molar refractivity (Wildman–Crippen MR) is 80.2 cm³/mol. The number of amides is 1. The first kappa shape index (κ1) is 14.1. The molecular weight excluding hydrogens is 284 g/mol. The van der Waals surface area contributed by atoms with E-state index in [2.05, 4.69) is 25.1 Å². The van der Waals surface area contributed by atoms with Crippen LogP contribution in [0.15, 0.2) is 23.0 Å². The molecule has 0 atom stereocenters. The van der Waals surface area contributed by atoms with Gasteiger partial charge in [0.05, 0.1) is 24.0 Å². The van der Waals surface area contributed by atoms with Crippen LogP contribution in [0.2, 0.25) is 0 Å². The standard InChI is InChI=1S/C14H16N6O2/c1-8-3-4-9-10(5-8)16-12(15-9)7-20(2)13(21)6-11-17-14(22)19-18-11/h3-5H,6-7H2,1-2H3,(H,15,16)(H2,17,18,19,22). The Kier molecular flexibility index (Phi) is 3.50. The third-order valence-electron chi connectivity index (χ3n) is 3.37. The predicted octanol–water partition coefficient (Wildman–Crippen LogP) is 0.484. The van der Waals surface area contributed by atoms with Crippen molar-refractivity contribution in [3.05, 3.63) is 45.9 Å². The second-order valence-corrected chi connectivity index (χ2v) is 5.26. The van der Waals surface area contributed by atoms with E-state index in [1.807, 2.05) is 25.1 Å². The van der Waals surface area contributed by atoms with E-state index in [1.54, 1.807) is 7.05 Å². The van der Waals surface area contributed by atoms with E-state index in [4.69, 9.17) is 0 Å². The van der Waals surface area contributed by atoms with E-state index >= 15 is 0 Å². The lowest BCUT2D eigenvalue weighted by Gasteiger charge is -2.14. The van der Waals surface area contributed by atoms with Crippen molar-refractivity contribution in [1.29, 1.82) is 0 Å². The second kappa shape index (κ2) is 5.47. The lowest BCUT2D eigenvalue weighted by molar-refractivity contribution is -0.129. The number of aromatic amines is 3. The zero-order chi connectivity index (χ0) is 15.7. The highest BCUT2D eigenvalue weighted by Gasteiger charge is 2.14. The van der Waals surface area contributed by atoms with Crippen molar-refractivity contribution in [3.63, 3.8) is 0 Å². The minimum absolute atomic E-state index is 0.0363. The third-order valence-corrected chi connectivity index (χ3v) is 3.37. The topological polar surface area (TPSA) is 111 Å². The van der Waals surface area contributed by atoms with E-state index in [-0.39, 0.29) is 12.3 Å². The van der Waals surface area contributed by atoms with Crippen molar-refractivity contribution < 1.29 is 4.79 Å². The Hall–Kier alpha value is -2.90. The summed E-state index contributed by atoms with van der Waals surface area (Å²) >= 11 is 0. The van der Waals surface area contributed by atoms with Crippen LogP contribution in [0.25, 0.3) is 11.0 Å². The Morgan fingerprint density at radius 2 is 2.09 bits per heavy atom. The number of carbonyl (C=O) groups excluding carboxylic acids is 1. The van der Waals surface area contributed by atoms with Crippen LogP contribution in [0.4, 0.5) is 0 Å². The number of hydrogen-bond acceptors (Lipinski definition) is 4. The molecule has 0 bridgehead atoms. The number of nitrogens with one attached hydrogen (secondary N) is 3. The molecule has 0 aliphatic carbocycles. The number of H-pyrrole nitrogens is 3. The fourth-order valence-corrected chi connectivity index (χ4v) is 2.23. The van der Waals surface area contributed by atoms with Gasteiger partial charge in [0.25, 0.3) is 0 Å². The van der Waals surface area contributed by atoms with Gasteiger partial charge in [0.15, 0.2) is 0 Å². The van der Waals surface area contributed by atoms with E-state index in [0.29, 0.717) is 18.2 Å². The summed E-state index contributed by atoms with van der Waals surface area (Å²) in [6, 6.07) is 5.96. The zero-order valence-electron chi connectivity index (χ0n) is 12.3. The van der Waals surface area contributed by atoms with E-state index < -0.39 is 5.69 Å². The molecule has 1 amide bonds. The van der Waals surface area contributed by atoms with Crippen LogP contribution >= 0.6 is 0 Å². The van der Waals surface area contributed by atoms with Crippen LogP contribution in [-0.2, 0) is 17.8 Å².